The topological polar surface area (TPSA) is 178 Å². The zero-order chi connectivity index (χ0) is 30.6. The summed E-state index contributed by atoms with van der Waals surface area (Å²) in [5, 5.41) is 54.3. The van der Waals surface area contributed by atoms with Crippen molar-refractivity contribution in [2.75, 3.05) is 19.8 Å². The van der Waals surface area contributed by atoms with Crippen LogP contribution in [0, 0.1) is 17.8 Å². The Balaban J connectivity index is -0.000000214. The van der Waals surface area contributed by atoms with Crippen molar-refractivity contribution in [1.82, 2.24) is 0 Å². The van der Waals surface area contributed by atoms with E-state index in [9.17, 15) is 24.6 Å². The molecule has 0 aliphatic heterocycles. The molecule has 1 aromatic rings. The number of aliphatic hydroxyl groups excluding tert-OH is 3. The van der Waals surface area contributed by atoms with Crippen LogP contribution in [0.2, 0.25) is 0 Å². The van der Waals surface area contributed by atoms with Gasteiger partial charge in [0.25, 0.3) is 0 Å². The van der Waals surface area contributed by atoms with E-state index in [-0.39, 0.29) is 49.4 Å². The first-order chi connectivity index (χ1) is 18.5. The molecule has 0 saturated carbocycles. The number of aliphatic carboxylic acids is 3. The van der Waals surface area contributed by atoms with Gasteiger partial charge in [0.2, 0.25) is 0 Å². The Morgan fingerprint density at radius 3 is 1.20 bits per heavy atom. The van der Waals surface area contributed by atoms with E-state index in [1.54, 1.807) is 0 Å². The van der Waals surface area contributed by atoms with Gasteiger partial charge in [0.15, 0.2) is 0 Å². The van der Waals surface area contributed by atoms with Crippen LogP contribution in [-0.2, 0) is 14.4 Å². The quantitative estimate of drug-likeness (QED) is 0.192. The summed E-state index contributed by atoms with van der Waals surface area (Å²) in [4.78, 5) is 30.6. The molecule has 0 radical (unpaired) electrons. The van der Waals surface area contributed by atoms with Crippen molar-refractivity contribution in [3.8, 4) is 0 Å². The fourth-order valence-corrected chi connectivity index (χ4v) is 3.05. The summed E-state index contributed by atoms with van der Waals surface area (Å²) in [6.45, 7) is 9.51. The second-order valence-corrected chi connectivity index (χ2v) is 9.61. The second kappa shape index (κ2) is 32.0. The van der Waals surface area contributed by atoms with Gasteiger partial charge in [-0.05, 0) is 30.7 Å². The summed E-state index contributed by atoms with van der Waals surface area (Å²) in [6.07, 6.45) is 7.04. The van der Waals surface area contributed by atoms with E-state index < -0.39 is 35.7 Å². The van der Waals surface area contributed by atoms with Gasteiger partial charge in [-0.2, -0.15) is 0 Å². The molecule has 0 aliphatic rings. The van der Waals surface area contributed by atoms with Gasteiger partial charge < -0.3 is 40.2 Å². The Morgan fingerprint density at radius 2 is 1.00 bits per heavy atom. The second-order valence-electron chi connectivity index (χ2n) is 9.61. The average Bonchev–Trinajstić information content (AvgIpc) is 2.91. The maximum atomic E-state index is 10.3. The van der Waals surface area contributed by atoms with Gasteiger partial charge >= 0.3 is 35.5 Å². The Bertz CT molecular complexity index is 653. The van der Waals surface area contributed by atoms with Gasteiger partial charge in [0.1, 0.15) is 0 Å². The maximum Gasteiger partial charge on any atom is 1.00 e. The third-order valence-electron chi connectivity index (χ3n) is 5.86. The molecule has 228 valence electrons. The van der Waals surface area contributed by atoms with E-state index in [2.05, 4.69) is 38.1 Å². The molecule has 9 nitrogen and oxygen atoms in total. The number of benzene rings is 1. The molecule has 0 heterocycles. The number of carboxylic acid groups (broad SMARTS) is 3. The predicted octanol–water partition coefficient (Wildman–Crippen LogP) is -0.246. The smallest absolute Gasteiger partial charge is 0.550 e. The van der Waals surface area contributed by atoms with Crippen LogP contribution in [0.5, 0.6) is 0 Å². The standard InChI is InChI=1S/C9H12.3C7H14O3.Na/c1-8(2)9-6-4-3-5-7-9;3*1-2-3-4-6(5-8)7(9)10;/h3-8H,1-2H3;3*6,8H,2-5H2,1H3,(H,9,10);/q;;;;+1/p-2/t;3*6-;/m.111./s1. The first kappa shape index (κ1) is 45.5. The van der Waals surface area contributed by atoms with Gasteiger partial charge in [-0.1, -0.05) is 103 Å². The van der Waals surface area contributed by atoms with Gasteiger partial charge in [-0.3, -0.25) is 4.79 Å². The number of hydrogen-bond acceptors (Lipinski definition) is 8. The summed E-state index contributed by atoms with van der Waals surface area (Å²) in [7, 11) is 0. The van der Waals surface area contributed by atoms with Gasteiger partial charge in [0.05, 0.1) is 25.7 Å². The molecule has 0 aromatic heterocycles. The minimum absolute atomic E-state index is 0. The Labute approximate surface area is 263 Å². The summed E-state index contributed by atoms with van der Waals surface area (Å²) in [5.74, 6) is -4.41. The van der Waals surface area contributed by atoms with E-state index in [0.717, 1.165) is 38.5 Å². The van der Waals surface area contributed by atoms with Crippen LogP contribution < -0.4 is 39.8 Å². The van der Waals surface area contributed by atoms with Gasteiger partial charge in [0, 0.05) is 23.8 Å². The number of carboxylic acids is 3. The molecular formula is C30H52NaO9-. The fourth-order valence-electron chi connectivity index (χ4n) is 3.05. The van der Waals surface area contributed by atoms with Crippen molar-refractivity contribution in [1.29, 1.82) is 0 Å². The molecule has 1 aromatic carbocycles. The summed E-state index contributed by atoms with van der Waals surface area (Å²) >= 11 is 0. The molecule has 0 spiro atoms. The maximum absolute atomic E-state index is 10.3. The molecule has 4 N–H and O–H groups in total. The van der Waals surface area contributed by atoms with E-state index in [4.69, 9.17) is 20.4 Å². The molecular weight excluding hydrogens is 527 g/mol. The third kappa shape index (κ3) is 28.1. The van der Waals surface area contributed by atoms with Crippen molar-refractivity contribution in [3.05, 3.63) is 35.9 Å². The van der Waals surface area contributed by atoms with Gasteiger partial charge in [-0.25, -0.2) is 0 Å². The van der Waals surface area contributed by atoms with E-state index in [0.29, 0.717) is 25.2 Å². The molecule has 0 fully saturated rings. The first-order valence-electron chi connectivity index (χ1n) is 14.0. The largest absolute Gasteiger partial charge is 1.00 e. The zero-order valence-corrected chi connectivity index (χ0v) is 27.5. The molecule has 0 amide bonds. The van der Waals surface area contributed by atoms with Crippen molar-refractivity contribution < 1.29 is 74.6 Å². The molecule has 0 aliphatic carbocycles. The molecule has 0 bridgehead atoms. The van der Waals surface area contributed by atoms with Crippen molar-refractivity contribution in [2.45, 2.75) is 98.3 Å². The van der Waals surface area contributed by atoms with Crippen LogP contribution in [0.1, 0.15) is 104 Å². The van der Waals surface area contributed by atoms with Crippen LogP contribution >= 0.6 is 0 Å². The minimum atomic E-state index is -1.14. The zero-order valence-electron chi connectivity index (χ0n) is 25.5. The number of carbonyl (C=O) groups is 3. The van der Waals surface area contributed by atoms with Crippen LogP contribution in [0.3, 0.4) is 0 Å². The third-order valence-corrected chi connectivity index (χ3v) is 5.86. The van der Waals surface area contributed by atoms with E-state index >= 15 is 0 Å². The molecule has 0 unspecified atom stereocenters. The van der Waals surface area contributed by atoms with Crippen molar-refractivity contribution in [2.24, 2.45) is 17.8 Å². The predicted molar refractivity (Wildman–Crippen MR) is 148 cm³/mol. The number of unbranched alkanes of at least 4 members (excludes halogenated alkanes) is 3. The van der Waals surface area contributed by atoms with Gasteiger partial charge in [-0.15, -0.1) is 0 Å². The number of rotatable bonds is 16. The number of aliphatic hydroxyl groups is 3. The molecule has 3 atom stereocenters. The monoisotopic (exact) mass is 579 g/mol. The molecule has 0 saturated heterocycles. The van der Waals surface area contributed by atoms with E-state index in [1.165, 1.54) is 5.56 Å². The normalized spacial score (nSPS) is 12.0. The molecule has 40 heavy (non-hydrogen) atoms. The SMILES string of the molecule is CC(C)c1ccccc1.CCCC[C@H](CO)C(=O)O.CCCC[C@H](CO)C(=O)[O-].CCCC[C@H](CO)C(=O)[O-].[Na+]. The van der Waals surface area contributed by atoms with E-state index in [1.807, 2.05) is 26.8 Å². The fraction of sp³-hybridized carbons (Fsp3) is 0.700. The number of carbonyl (C=O) groups excluding carboxylic acids is 2. The van der Waals surface area contributed by atoms with Crippen LogP contribution in [0.15, 0.2) is 30.3 Å². The molecule has 10 heteroatoms. The summed E-state index contributed by atoms with van der Waals surface area (Å²) in [6, 6.07) is 10.5. The summed E-state index contributed by atoms with van der Waals surface area (Å²) < 4.78 is 0. The summed E-state index contributed by atoms with van der Waals surface area (Å²) in [5.41, 5.74) is 1.41. The number of hydrogen-bond donors (Lipinski definition) is 4. The Kier molecular flexibility index (Phi) is 36.4. The Morgan fingerprint density at radius 1 is 0.675 bits per heavy atom. The van der Waals surface area contributed by atoms with Crippen LogP contribution in [0.4, 0.5) is 0 Å². The van der Waals surface area contributed by atoms with Crippen molar-refractivity contribution >= 4 is 17.9 Å². The minimum Gasteiger partial charge on any atom is -0.550 e. The Hall–Kier alpha value is -1.49. The van der Waals surface area contributed by atoms with Crippen molar-refractivity contribution in [3.63, 3.8) is 0 Å². The first-order valence-corrected chi connectivity index (χ1v) is 14.0. The average molecular weight is 580 g/mol. The van der Waals surface area contributed by atoms with Crippen LogP contribution in [0.25, 0.3) is 0 Å². The van der Waals surface area contributed by atoms with Crippen LogP contribution in [-0.4, -0.2) is 58.2 Å². The molecule has 1 rings (SSSR count).